The van der Waals surface area contributed by atoms with Gasteiger partial charge in [0.05, 0.1) is 12.0 Å². The third-order valence-corrected chi connectivity index (χ3v) is 3.16. The molecule has 0 spiro atoms. The number of anilines is 1. The highest BCUT2D eigenvalue weighted by Gasteiger charge is 2.16. The van der Waals surface area contributed by atoms with E-state index in [4.69, 9.17) is 0 Å². The number of rotatable bonds is 6. The van der Waals surface area contributed by atoms with Crippen LogP contribution in [0.2, 0.25) is 0 Å². The molecule has 2 N–H and O–H groups in total. The highest BCUT2D eigenvalue weighted by Crippen LogP contribution is 2.23. The quantitative estimate of drug-likeness (QED) is 0.361. The van der Waals surface area contributed by atoms with Crippen molar-refractivity contribution in [2.75, 3.05) is 12.4 Å². The van der Waals surface area contributed by atoms with Crippen LogP contribution >= 0.6 is 0 Å². The molecule has 2 rings (SSSR count). The molecule has 8 nitrogen and oxygen atoms in total. The summed E-state index contributed by atoms with van der Waals surface area (Å²) in [4.78, 5) is 34.4. The van der Waals surface area contributed by atoms with Gasteiger partial charge in [0.25, 0.3) is 11.6 Å². The van der Waals surface area contributed by atoms with Crippen LogP contribution < -0.4 is 10.6 Å². The van der Waals surface area contributed by atoms with E-state index >= 15 is 0 Å². The summed E-state index contributed by atoms with van der Waals surface area (Å²) in [6.45, 7) is 0. The second kappa shape index (κ2) is 8.25. The number of hydrogen-bond donors (Lipinski definition) is 2. The van der Waals surface area contributed by atoms with Gasteiger partial charge in [0.2, 0.25) is 0 Å². The third kappa shape index (κ3) is 4.64. The van der Waals surface area contributed by atoms with Gasteiger partial charge in [0.15, 0.2) is 0 Å². The van der Waals surface area contributed by atoms with Gasteiger partial charge in [0, 0.05) is 17.8 Å². The standard InChI is InChI=1S/C17H15N3O5/c1-25-17(22)14(19-16(21)12-7-3-2-4-8-12)11-18-13-9-5-6-10-15(13)20(23)24/h2-11,18H,1H3,(H,19,21)/b14-11-. The van der Waals surface area contributed by atoms with Gasteiger partial charge < -0.3 is 15.4 Å². The maximum atomic E-state index is 12.2. The zero-order valence-electron chi connectivity index (χ0n) is 13.3. The van der Waals surface area contributed by atoms with Crippen molar-refractivity contribution in [2.24, 2.45) is 0 Å². The van der Waals surface area contributed by atoms with Crippen LogP contribution in [-0.4, -0.2) is 23.9 Å². The molecule has 0 aliphatic heterocycles. The van der Waals surface area contributed by atoms with Gasteiger partial charge in [-0.3, -0.25) is 14.9 Å². The third-order valence-electron chi connectivity index (χ3n) is 3.16. The Labute approximate surface area is 143 Å². The minimum absolute atomic E-state index is 0.169. The second-order valence-electron chi connectivity index (χ2n) is 4.79. The SMILES string of the molecule is COC(=O)/C(=C/Nc1ccccc1[N+](=O)[O-])NC(=O)c1ccccc1. The molecule has 0 saturated heterocycles. The van der Waals surface area contributed by atoms with Crippen LogP contribution in [0.3, 0.4) is 0 Å². The Kier molecular flexibility index (Phi) is 5.83. The van der Waals surface area contributed by atoms with E-state index in [-0.39, 0.29) is 17.1 Å². The Morgan fingerprint density at radius 2 is 1.72 bits per heavy atom. The van der Waals surface area contributed by atoms with Crippen LogP contribution in [0.25, 0.3) is 0 Å². The zero-order chi connectivity index (χ0) is 18.2. The molecule has 0 fully saturated rings. The first-order valence-electron chi connectivity index (χ1n) is 7.17. The summed E-state index contributed by atoms with van der Waals surface area (Å²) >= 11 is 0. The number of methoxy groups -OCH3 is 1. The molecule has 1 amide bonds. The average Bonchev–Trinajstić information content (AvgIpc) is 2.65. The van der Waals surface area contributed by atoms with Gasteiger partial charge in [-0.2, -0.15) is 0 Å². The number of nitrogens with one attached hydrogen (secondary N) is 2. The fourth-order valence-corrected chi connectivity index (χ4v) is 1.94. The van der Waals surface area contributed by atoms with Gasteiger partial charge in [-0.05, 0) is 18.2 Å². The molecule has 0 unspecified atom stereocenters. The lowest BCUT2D eigenvalue weighted by Crippen LogP contribution is -2.28. The lowest BCUT2D eigenvalue weighted by Gasteiger charge is -2.09. The molecular weight excluding hydrogens is 326 g/mol. The van der Waals surface area contributed by atoms with Crippen LogP contribution in [0.15, 0.2) is 66.5 Å². The summed E-state index contributed by atoms with van der Waals surface area (Å²) in [5.41, 5.74) is 0.165. The van der Waals surface area contributed by atoms with E-state index < -0.39 is 16.8 Å². The number of carbonyl (C=O) groups is 2. The zero-order valence-corrected chi connectivity index (χ0v) is 13.3. The first-order valence-corrected chi connectivity index (χ1v) is 7.17. The maximum Gasteiger partial charge on any atom is 0.356 e. The summed E-state index contributed by atoms with van der Waals surface area (Å²) in [5.74, 6) is -1.31. The van der Waals surface area contributed by atoms with Crippen molar-refractivity contribution in [3.8, 4) is 0 Å². The molecule has 2 aromatic carbocycles. The molecule has 25 heavy (non-hydrogen) atoms. The number of para-hydroxylation sites is 2. The average molecular weight is 341 g/mol. The molecule has 0 radical (unpaired) electrons. The second-order valence-corrected chi connectivity index (χ2v) is 4.79. The highest BCUT2D eigenvalue weighted by molar-refractivity contribution is 6.01. The summed E-state index contributed by atoms with van der Waals surface area (Å²) < 4.78 is 4.62. The first kappa shape index (κ1) is 17.7. The number of nitro benzene ring substituents is 1. The normalized spacial score (nSPS) is 10.7. The van der Waals surface area contributed by atoms with E-state index in [0.717, 1.165) is 13.3 Å². The Morgan fingerprint density at radius 3 is 2.36 bits per heavy atom. The van der Waals surface area contributed by atoms with Crippen molar-refractivity contribution in [3.63, 3.8) is 0 Å². The molecule has 0 aliphatic carbocycles. The van der Waals surface area contributed by atoms with E-state index in [0.29, 0.717) is 5.56 Å². The summed E-state index contributed by atoms with van der Waals surface area (Å²) in [6.07, 6.45) is 1.15. The number of nitrogens with zero attached hydrogens (tertiary/aromatic N) is 1. The lowest BCUT2D eigenvalue weighted by molar-refractivity contribution is -0.383. The van der Waals surface area contributed by atoms with Gasteiger partial charge in [-0.15, -0.1) is 0 Å². The van der Waals surface area contributed by atoms with Gasteiger partial charge >= 0.3 is 5.97 Å². The predicted octanol–water partition coefficient (Wildman–Crippen LogP) is 2.45. The van der Waals surface area contributed by atoms with Crippen molar-refractivity contribution in [1.82, 2.24) is 5.32 Å². The number of benzene rings is 2. The van der Waals surface area contributed by atoms with Crippen LogP contribution in [0, 0.1) is 10.1 Å². The topological polar surface area (TPSA) is 111 Å². The number of carbonyl (C=O) groups excluding carboxylic acids is 2. The van der Waals surface area contributed by atoms with E-state index in [1.807, 2.05) is 0 Å². The molecule has 0 aliphatic rings. The van der Waals surface area contributed by atoms with Crippen molar-refractivity contribution >= 4 is 23.3 Å². The molecule has 8 heteroatoms. The smallest absolute Gasteiger partial charge is 0.356 e. The van der Waals surface area contributed by atoms with Crippen molar-refractivity contribution in [3.05, 3.63) is 82.2 Å². The predicted molar refractivity (Wildman–Crippen MR) is 90.7 cm³/mol. The maximum absolute atomic E-state index is 12.2. The molecule has 128 valence electrons. The minimum Gasteiger partial charge on any atom is -0.464 e. The molecule has 0 atom stereocenters. The fraction of sp³-hybridized carbons (Fsp3) is 0.0588. The van der Waals surface area contributed by atoms with Crippen LogP contribution in [0.5, 0.6) is 0 Å². The molecule has 0 aromatic heterocycles. The lowest BCUT2D eigenvalue weighted by atomic mass is 10.2. The number of ether oxygens (including phenoxy) is 1. The molecule has 2 aromatic rings. The van der Waals surface area contributed by atoms with Crippen LogP contribution in [0.1, 0.15) is 10.4 Å². The molecule has 0 bridgehead atoms. The minimum atomic E-state index is -0.796. The number of esters is 1. The monoisotopic (exact) mass is 341 g/mol. The van der Waals surface area contributed by atoms with Crippen molar-refractivity contribution in [1.29, 1.82) is 0 Å². The van der Waals surface area contributed by atoms with E-state index in [1.165, 1.54) is 18.2 Å². The van der Waals surface area contributed by atoms with Crippen LogP contribution in [0.4, 0.5) is 11.4 Å². The Hall–Kier alpha value is -3.68. The first-order chi connectivity index (χ1) is 12.0. The Morgan fingerprint density at radius 1 is 1.08 bits per heavy atom. The number of hydrogen-bond acceptors (Lipinski definition) is 6. The molecule has 0 saturated carbocycles. The van der Waals surface area contributed by atoms with E-state index in [2.05, 4.69) is 15.4 Å². The fourth-order valence-electron chi connectivity index (χ4n) is 1.94. The molecule has 0 heterocycles. The summed E-state index contributed by atoms with van der Waals surface area (Å²) in [5, 5.41) is 16.1. The number of nitro groups is 1. The summed E-state index contributed by atoms with van der Waals surface area (Å²) in [7, 11) is 1.16. The van der Waals surface area contributed by atoms with Crippen molar-refractivity contribution in [2.45, 2.75) is 0 Å². The Bertz CT molecular complexity index is 818. The number of amides is 1. The van der Waals surface area contributed by atoms with E-state index in [9.17, 15) is 19.7 Å². The van der Waals surface area contributed by atoms with E-state index in [1.54, 1.807) is 36.4 Å². The molecular formula is C17H15N3O5. The van der Waals surface area contributed by atoms with Crippen molar-refractivity contribution < 1.29 is 19.2 Å². The Balaban J connectivity index is 2.23. The highest BCUT2D eigenvalue weighted by atomic mass is 16.6. The van der Waals surface area contributed by atoms with Gasteiger partial charge in [0.1, 0.15) is 11.4 Å². The largest absolute Gasteiger partial charge is 0.464 e. The van der Waals surface area contributed by atoms with Gasteiger partial charge in [-0.25, -0.2) is 4.79 Å². The van der Waals surface area contributed by atoms with Gasteiger partial charge in [-0.1, -0.05) is 30.3 Å². The summed E-state index contributed by atoms with van der Waals surface area (Å²) in [6, 6.07) is 14.2. The van der Waals surface area contributed by atoms with Crippen LogP contribution in [-0.2, 0) is 9.53 Å².